The molecule has 0 amide bonds. The molecular weight excluding hydrogens is 488 g/mol. The predicted molar refractivity (Wildman–Crippen MR) is 124 cm³/mol. The molecule has 0 spiro atoms. The molecule has 0 aliphatic heterocycles. The van der Waals surface area contributed by atoms with Gasteiger partial charge < -0.3 is 15.4 Å². The Hall–Kier alpha value is -1.74. The topological polar surface area (TPSA) is 76.1 Å². The normalized spacial score (nSPS) is 19.0. The maximum Gasteiger partial charge on any atom is 0.308 e. The van der Waals surface area contributed by atoms with Crippen LogP contribution in [0.15, 0.2) is 34.9 Å². The molecule has 1 aliphatic rings. The van der Waals surface area contributed by atoms with Crippen LogP contribution < -0.4 is 10.6 Å². The van der Waals surface area contributed by atoms with Crippen molar-refractivity contribution in [2.45, 2.75) is 38.3 Å². The second kappa shape index (κ2) is 9.60. The number of halogens is 2. The minimum Gasteiger partial charge on any atom is -0.469 e. The molecule has 0 radical (unpaired) electrons. The molecule has 1 saturated carbocycles. The monoisotopic (exact) mass is 508 g/mol. The van der Waals surface area contributed by atoms with Gasteiger partial charge in [0.1, 0.15) is 10.5 Å². The van der Waals surface area contributed by atoms with Gasteiger partial charge in [0.2, 0.25) is 0 Å². The number of hydrogen-bond acceptors (Lipinski definition) is 7. The van der Waals surface area contributed by atoms with E-state index in [1.807, 2.05) is 24.3 Å². The van der Waals surface area contributed by atoms with E-state index in [1.54, 1.807) is 17.5 Å². The van der Waals surface area contributed by atoms with Crippen LogP contribution in [0, 0.1) is 5.92 Å². The van der Waals surface area contributed by atoms with Gasteiger partial charge in [-0.25, -0.2) is 9.97 Å². The van der Waals surface area contributed by atoms with E-state index in [1.165, 1.54) is 7.11 Å². The van der Waals surface area contributed by atoms with Gasteiger partial charge in [-0.15, -0.1) is 11.3 Å². The molecule has 4 rings (SSSR count). The van der Waals surface area contributed by atoms with Crippen molar-refractivity contribution >= 4 is 66.6 Å². The number of rotatable bonds is 6. The molecule has 2 N–H and O–H groups in total. The lowest BCUT2D eigenvalue weighted by Gasteiger charge is -2.27. The van der Waals surface area contributed by atoms with E-state index in [2.05, 4.69) is 31.5 Å². The van der Waals surface area contributed by atoms with Crippen LogP contribution in [-0.2, 0) is 16.1 Å². The zero-order valence-corrected chi connectivity index (χ0v) is 19.6. The highest BCUT2D eigenvalue weighted by Gasteiger charge is 2.26. The first-order valence-electron chi connectivity index (χ1n) is 9.82. The molecule has 3 aromatic rings. The molecule has 1 aliphatic carbocycles. The van der Waals surface area contributed by atoms with Gasteiger partial charge in [-0.3, -0.25) is 4.79 Å². The number of fused-ring (bicyclic) bond motifs is 1. The summed E-state index contributed by atoms with van der Waals surface area (Å²) in [4.78, 5) is 20.9. The molecule has 158 valence electrons. The zero-order valence-electron chi connectivity index (χ0n) is 16.5. The molecular formula is C21H22BrClN4O2S. The number of carbonyl (C=O) groups excluding carboxylic acids is 1. The third-order valence-corrected chi connectivity index (χ3v) is 7.68. The number of thiazole rings is 1. The third-order valence-electron chi connectivity index (χ3n) is 5.36. The molecule has 2 heterocycles. The van der Waals surface area contributed by atoms with Gasteiger partial charge in [-0.05, 0) is 59.8 Å². The molecule has 1 aromatic carbocycles. The largest absolute Gasteiger partial charge is 0.469 e. The maximum absolute atomic E-state index is 11.7. The Balaban J connectivity index is 1.42. The number of nitrogens with zero attached hydrogens (tertiary/aromatic N) is 2. The van der Waals surface area contributed by atoms with Crippen LogP contribution in [0.2, 0.25) is 5.02 Å². The van der Waals surface area contributed by atoms with Crippen LogP contribution in [0.4, 0.5) is 11.5 Å². The molecule has 9 heteroatoms. The lowest BCUT2D eigenvalue weighted by atomic mass is 9.86. The number of pyridine rings is 1. The number of carbonyl (C=O) groups is 1. The first kappa shape index (κ1) is 21.5. The van der Waals surface area contributed by atoms with Crippen LogP contribution in [0.25, 0.3) is 10.2 Å². The maximum atomic E-state index is 11.7. The summed E-state index contributed by atoms with van der Waals surface area (Å²) in [5, 5.41) is 8.51. The van der Waals surface area contributed by atoms with Crippen LogP contribution in [0.5, 0.6) is 0 Å². The van der Waals surface area contributed by atoms with Gasteiger partial charge in [0.25, 0.3) is 0 Å². The quantitative estimate of drug-likeness (QED) is 0.417. The van der Waals surface area contributed by atoms with Crippen molar-refractivity contribution in [1.29, 1.82) is 0 Å². The van der Waals surface area contributed by atoms with Crippen LogP contribution in [-0.4, -0.2) is 29.1 Å². The van der Waals surface area contributed by atoms with E-state index < -0.39 is 0 Å². The molecule has 6 nitrogen and oxygen atoms in total. The summed E-state index contributed by atoms with van der Waals surface area (Å²) < 4.78 is 6.76. The molecule has 0 unspecified atom stereocenters. The Labute approximate surface area is 192 Å². The SMILES string of the molecule is COC(=O)[C@H]1CC[C@H](NCc2nc3c(Nc4cccc(Br)c4Cl)nccc3s2)CC1. The van der Waals surface area contributed by atoms with E-state index in [4.69, 9.17) is 21.3 Å². The summed E-state index contributed by atoms with van der Waals surface area (Å²) in [6, 6.07) is 8.10. The van der Waals surface area contributed by atoms with Gasteiger partial charge in [-0.2, -0.15) is 0 Å². The van der Waals surface area contributed by atoms with Gasteiger partial charge >= 0.3 is 5.97 Å². The van der Waals surface area contributed by atoms with Crippen molar-refractivity contribution in [3.63, 3.8) is 0 Å². The van der Waals surface area contributed by atoms with Crippen molar-refractivity contribution in [3.8, 4) is 0 Å². The van der Waals surface area contributed by atoms with E-state index in [-0.39, 0.29) is 11.9 Å². The molecule has 0 atom stereocenters. The Morgan fingerprint density at radius 3 is 2.87 bits per heavy atom. The molecule has 2 aromatic heterocycles. The highest BCUT2D eigenvalue weighted by Crippen LogP contribution is 2.34. The Morgan fingerprint density at radius 2 is 2.10 bits per heavy atom. The Morgan fingerprint density at radius 1 is 1.30 bits per heavy atom. The summed E-state index contributed by atoms with van der Waals surface area (Å²) in [7, 11) is 1.46. The highest BCUT2D eigenvalue weighted by atomic mass is 79.9. The fourth-order valence-corrected chi connectivity index (χ4v) is 5.18. The number of nitrogens with one attached hydrogen (secondary N) is 2. The van der Waals surface area contributed by atoms with Gasteiger partial charge in [-0.1, -0.05) is 17.7 Å². The first-order chi connectivity index (χ1) is 14.5. The van der Waals surface area contributed by atoms with E-state index in [0.29, 0.717) is 23.4 Å². The highest BCUT2D eigenvalue weighted by molar-refractivity contribution is 9.10. The summed E-state index contributed by atoms with van der Waals surface area (Å²) in [5.74, 6) is 0.645. The fraction of sp³-hybridized carbons (Fsp3) is 0.381. The van der Waals surface area contributed by atoms with Crippen molar-refractivity contribution in [1.82, 2.24) is 15.3 Å². The Kier molecular flexibility index (Phi) is 6.87. The zero-order chi connectivity index (χ0) is 21.1. The number of methoxy groups -OCH3 is 1. The predicted octanol–water partition coefficient (Wildman–Crippen LogP) is 5.67. The van der Waals surface area contributed by atoms with E-state index >= 15 is 0 Å². The third kappa shape index (κ3) is 4.77. The minimum atomic E-state index is -0.0855. The summed E-state index contributed by atoms with van der Waals surface area (Å²) >= 11 is 11.5. The Bertz CT molecular complexity index is 1050. The van der Waals surface area contributed by atoms with Crippen molar-refractivity contribution in [2.24, 2.45) is 5.92 Å². The van der Waals surface area contributed by atoms with Gasteiger partial charge in [0.05, 0.1) is 28.4 Å². The van der Waals surface area contributed by atoms with Gasteiger partial charge in [0.15, 0.2) is 5.82 Å². The number of ether oxygens (including phenoxy) is 1. The molecule has 0 bridgehead atoms. The number of aromatic nitrogens is 2. The second-order valence-corrected chi connectivity index (χ2v) is 9.64. The van der Waals surface area contributed by atoms with E-state index in [9.17, 15) is 4.79 Å². The van der Waals surface area contributed by atoms with Gasteiger partial charge in [0, 0.05) is 23.3 Å². The smallest absolute Gasteiger partial charge is 0.308 e. The average Bonchev–Trinajstić information content (AvgIpc) is 3.19. The molecule has 0 saturated heterocycles. The van der Waals surface area contributed by atoms with Crippen molar-refractivity contribution < 1.29 is 9.53 Å². The second-order valence-electron chi connectivity index (χ2n) is 7.29. The van der Waals surface area contributed by atoms with Crippen LogP contribution in [0.1, 0.15) is 30.7 Å². The number of esters is 1. The average molecular weight is 510 g/mol. The summed E-state index contributed by atoms with van der Waals surface area (Å²) in [6.07, 6.45) is 5.46. The van der Waals surface area contributed by atoms with Crippen LogP contribution in [0.3, 0.4) is 0 Å². The minimum absolute atomic E-state index is 0.0417. The lowest BCUT2D eigenvalue weighted by Crippen LogP contribution is -2.34. The standard InChI is InChI=1S/C21H22BrClN4O2S/c1-29-21(28)12-5-7-13(8-6-12)25-11-17-27-19-16(30-17)9-10-24-20(19)26-15-4-2-3-14(22)18(15)23/h2-4,9-10,12-13,25H,5-8,11H2,1H3,(H,24,26)/t12-,13-. The lowest BCUT2D eigenvalue weighted by molar-refractivity contribution is -0.146. The fourth-order valence-electron chi connectivity index (χ4n) is 3.73. The molecule has 1 fully saturated rings. The summed E-state index contributed by atoms with van der Waals surface area (Å²) in [6.45, 7) is 0.698. The van der Waals surface area contributed by atoms with Crippen LogP contribution >= 0.6 is 38.9 Å². The number of hydrogen-bond donors (Lipinski definition) is 2. The summed E-state index contributed by atoms with van der Waals surface area (Å²) in [5.41, 5.74) is 1.62. The number of anilines is 2. The van der Waals surface area contributed by atoms with E-state index in [0.717, 1.165) is 51.1 Å². The van der Waals surface area contributed by atoms with Crippen molar-refractivity contribution in [2.75, 3.05) is 12.4 Å². The molecule has 30 heavy (non-hydrogen) atoms. The number of benzene rings is 1. The van der Waals surface area contributed by atoms with Crippen molar-refractivity contribution in [3.05, 3.63) is 45.0 Å². The first-order valence-corrected chi connectivity index (χ1v) is 11.8.